The topological polar surface area (TPSA) is 59.3 Å². The Morgan fingerprint density at radius 3 is 2.19 bits per heavy atom. The number of carbonyl (C=O) groups is 2. The van der Waals surface area contributed by atoms with Gasteiger partial charge < -0.3 is 9.73 Å². The third-order valence-electron chi connectivity index (χ3n) is 3.52. The molecule has 6 heteroatoms. The Morgan fingerprint density at radius 1 is 0.885 bits per heavy atom. The average Bonchev–Trinajstić information content (AvgIpc) is 3.08. The summed E-state index contributed by atoms with van der Waals surface area (Å²) in [6.45, 7) is 0. The first-order valence-electron chi connectivity index (χ1n) is 7.66. The molecule has 0 aliphatic heterocycles. The maximum absolute atomic E-state index is 12.1. The normalized spacial score (nSPS) is 10.8. The summed E-state index contributed by atoms with van der Waals surface area (Å²) in [6, 6.07) is 17.6. The standard InChI is InChI=1S/C20H13Br2NO3/c21-15-6-4-14(5-7-15)17(24)10-3-13-1-8-16(9-2-13)23-20(25)18-11-12-19(22)26-18/h1-12H,(H,23,25). The lowest BCUT2D eigenvalue weighted by Crippen LogP contribution is -2.10. The quantitative estimate of drug-likeness (QED) is 0.367. The number of ketones is 1. The van der Waals surface area contributed by atoms with Crippen LogP contribution in [0, 0.1) is 0 Å². The van der Waals surface area contributed by atoms with Gasteiger partial charge in [0.15, 0.2) is 16.2 Å². The smallest absolute Gasteiger partial charge is 0.291 e. The van der Waals surface area contributed by atoms with E-state index in [0.717, 1.165) is 10.0 Å². The molecule has 0 radical (unpaired) electrons. The molecule has 4 nitrogen and oxygen atoms in total. The molecule has 130 valence electrons. The largest absolute Gasteiger partial charge is 0.444 e. The van der Waals surface area contributed by atoms with Gasteiger partial charge in [0.1, 0.15) is 0 Å². The van der Waals surface area contributed by atoms with Crippen LogP contribution in [0.2, 0.25) is 0 Å². The second-order valence-electron chi connectivity index (χ2n) is 5.38. The third kappa shape index (κ3) is 4.80. The van der Waals surface area contributed by atoms with E-state index in [1.165, 1.54) is 6.08 Å². The molecule has 0 fully saturated rings. The molecule has 26 heavy (non-hydrogen) atoms. The van der Waals surface area contributed by atoms with Crippen LogP contribution in [0.1, 0.15) is 26.5 Å². The number of rotatable bonds is 5. The van der Waals surface area contributed by atoms with E-state index in [4.69, 9.17) is 4.42 Å². The van der Waals surface area contributed by atoms with E-state index in [-0.39, 0.29) is 17.5 Å². The zero-order valence-electron chi connectivity index (χ0n) is 13.4. The molecule has 0 aliphatic carbocycles. The number of benzene rings is 2. The van der Waals surface area contributed by atoms with E-state index >= 15 is 0 Å². The van der Waals surface area contributed by atoms with Crippen molar-refractivity contribution in [2.75, 3.05) is 5.32 Å². The van der Waals surface area contributed by atoms with Crippen LogP contribution < -0.4 is 5.32 Å². The molecule has 0 aliphatic rings. The van der Waals surface area contributed by atoms with Gasteiger partial charge in [0, 0.05) is 15.7 Å². The minimum atomic E-state index is -0.329. The Labute approximate surface area is 167 Å². The van der Waals surface area contributed by atoms with Crippen molar-refractivity contribution in [1.29, 1.82) is 0 Å². The minimum absolute atomic E-state index is 0.0710. The number of furan rings is 1. The lowest BCUT2D eigenvalue weighted by Gasteiger charge is -2.03. The molecule has 0 spiro atoms. The van der Waals surface area contributed by atoms with E-state index < -0.39 is 0 Å². The van der Waals surface area contributed by atoms with Gasteiger partial charge in [0.05, 0.1) is 0 Å². The second-order valence-corrected chi connectivity index (χ2v) is 7.08. The molecule has 0 saturated heterocycles. The molecule has 1 aromatic heterocycles. The molecule has 1 N–H and O–H groups in total. The van der Waals surface area contributed by atoms with Crippen molar-refractivity contribution in [1.82, 2.24) is 0 Å². The zero-order valence-corrected chi connectivity index (χ0v) is 16.6. The Hall–Kier alpha value is -2.44. The molecule has 0 atom stereocenters. The van der Waals surface area contributed by atoms with Gasteiger partial charge in [-0.3, -0.25) is 9.59 Å². The van der Waals surface area contributed by atoms with Crippen LogP contribution >= 0.6 is 31.9 Å². The molecule has 0 bridgehead atoms. The lowest BCUT2D eigenvalue weighted by molar-refractivity contribution is 0.0994. The number of nitrogens with one attached hydrogen (secondary N) is 1. The van der Waals surface area contributed by atoms with Crippen molar-refractivity contribution in [2.45, 2.75) is 0 Å². The molecule has 0 saturated carbocycles. The van der Waals surface area contributed by atoms with Crippen LogP contribution in [-0.2, 0) is 0 Å². The Bertz CT molecular complexity index is 957. The molecule has 1 heterocycles. The Balaban J connectivity index is 1.63. The number of anilines is 1. The van der Waals surface area contributed by atoms with Crippen LogP contribution in [0.25, 0.3) is 6.08 Å². The molecule has 3 rings (SSSR count). The van der Waals surface area contributed by atoms with Crippen molar-refractivity contribution in [3.05, 3.63) is 92.8 Å². The fourth-order valence-electron chi connectivity index (χ4n) is 2.19. The Morgan fingerprint density at radius 2 is 1.58 bits per heavy atom. The summed E-state index contributed by atoms with van der Waals surface area (Å²) < 4.78 is 6.64. The van der Waals surface area contributed by atoms with Gasteiger partial charge in [0.25, 0.3) is 5.91 Å². The van der Waals surface area contributed by atoms with E-state index in [2.05, 4.69) is 37.2 Å². The maximum Gasteiger partial charge on any atom is 0.291 e. The highest BCUT2D eigenvalue weighted by Gasteiger charge is 2.10. The lowest BCUT2D eigenvalue weighted by atomic mass is 10.1. The average molecular weight is 475 g/mol. The number of allylic oxidation sites excluding steroid dienone is 1. The number of carbonyl (C=O) groups excluding carboxylic acids is 2. The predicted octanol–water partition coefficient (Wildman–Crippen LogP) is 5.95. The van der Waals surface area contributed by atoms with Crippen molar-refractivity contribution in [3.63, 3.8) is 0 Å². The molecule has 3 aromatic rings. The summed E-state index contributed by atoms with van der Waals surface area (Å²) in [7, 11) is 0. The van der Waals surface area contributed by atoms with Crippen LogP contribution in [0.4, 0.5) is 5.69 Å². The van der Waals surface area contributed by atoms with Gasteiger partial charge >= 0.3 is 0 Å². The minimum Gasteiger partial charge on any atom is -0.444 e. The van der Waals surface area contributed by atoms with Gasteiger partial charge in [0.2, 0.25) is 0 Å². The second kappa shape index (κ2) is 8.29. The molecule has 0 unspecified atom stereocenters. The molecular formula is C20H13Br2NO3. The summed E-state index contributed by atoms with van der Waals surface area (Å²) in [6.07, 6.45) is 3.26. The van der Waals surface area contributed by atoms with Crippen molar-refractivity contribution >= 4 is 55.3 Å². The fraction of sp³-hybridized carbons (Fsp3) is 0. The highest BCUT2D eigenvalue weighted by molar-refractivity contribution is 9.10. The van der Waals surface area contributed by atoms with Crippen molar-refractivity contribution < 1.29 is 14.0 Å². The van der Waals surface area contributed by atoms with Crippen LogP contribution in [0.15, 0.2) is 80.3 Å². The monoisotopic (exact) mass is 473 g/mol. The van der Waals surface area contributed by atoms with Gasteiger partial charge in [-0.05, 0) is 76.1 Å². The third-order valence-corrected chi connectivity index (χ3v) is 4.48. The number of amides is 1. The summed E-state index contributed by atoms with van der Waals surface area (Å²) in [5.41, 5.74) is 2.12. The zero-order chi connectivity index (χ0) is 18.5. The Kier molecular flexibility index (Phi) is 5.85. The van der Waals surface area contributed by atoms with E-state index in [9.17, 15) is 9.59 Å². The van der Waals surface area contributed by atoms with Crippen LogP contribution in [0.3, 0.4) is 0 Å². The maximum atomic E-state index is 12.1. The molecular weight excluding hydrogens is 462 g/mol. The molecule has 1 amide bonds. The van der Waals surface area contributed by atoms with Crippen molar-refractivity contribution in [3.8, 4) is 0 Å². The first kappa shape index (κ1) is 18.4. The first-order valence-corrected chi connectivity index (χ1v) is 9.24. The van der Waals surface area contributed by atoms with E-state index in [0.29, 0.717) is 15.9 Å². The van der Waals surface area contributed by atoms with Crippen molar-refractivity contribution in [2.24, 2.45) is 0 Å². The summed E-state index contributed by atoms with van der Waals surface area (Å²) in [4.78, 5) is 24.1. The van der Waals surface area contributed by atoms with Crippen LogP contribution in [-0.4, -0.2) is 11.7 Å². The number of halogens is 2. The summed E-state index contributed by atoms with van der Waals surface area (Å²) in [5, 5.41) is 2.75. The van der Waals surface area contributed by atoms with E-state index in [1.807, 2.05) is 24.3 Å². The highest BCUT2D eigenvalue weighted by Crippen LogP contribution is 2.17. The van der Waals surface area contributed by atoms with Gasteiger partial charge in [-0.15, -0.1) is 0 Å². The van der Waals surface area contributed by atoms with Gasteiger partial charge in [-0.1, -0.05) is 34.1 Å². The number of hydrogen-bond donors (Lipinski definition) is 1. The molecule has 2 aromatic carbocycles. The SMILES string of the molecule is O=C(C=Cc1ccc(NC(=O)c2ccc(Br)o2)cc1)c1ccc(Br)cc1. The summed E-state index contributed by atoms with van der Waals surface area (Å²) in [5.74, 6) is -0.177. The van der Waals surface area contributed by atoms with Gasteiger partial charge in [-0.25, -0.2) is 0 Å². The summed E-state index contributed by atoms with van der Waals surface area (Å²) >= 11 is 6.50. The van der Waals surface area contributed by atoms with Gasteiger partial charge in [-0.2, -0.15) is 0 Å². The van der Waals surface area contributed by atoms with Crippen LogP contribution in [0.5, 0.6) is 0 Å². The highest BCUT2D eigenvalue weighted by atomic mass is 79.9. The van der Waals surface area contributed by atoms with E-state index in [1.54, 1.807) is 42.5 Å². The number of hydrogen-bond acceptors (Lipinski definition) is 3. The predicted molar refractivity (Wildman–Crippen MR) is 108 cm³/mol. The fourth-order valence-corrected chi connectivity index (χ4v) is 2.76. The first-order chi connectivity index (χ1) is 12.5.